The van der Waals surface area contributed by atoms with Crippen LogP contribution < -0.4 is 10.9 Å². The van der Waals surface area contributed by atoms with Crippen LogP contribution in [0, 0.1) is 0 Å². The number of rotatable bonds is 4. The first-order valence-corrected chi connectivity index (χ1v) is 8.39. The Morgan fingerprint density at radius 3 is 2.67 bits per heavy atom. The van der Waals surface area contributed by atoms with Gasteiger partial charge in [-0.15, -0.1) is 0 Å². The van der Waals surface area contributed by atoms with E-state index in [1.165, 1.54) is 16.5 Å². The van der Waals surface area contributed by atoms with E-state index in [1.807, 2.05) is 30.3 Å². The number of amides is 1. The Hall–Kier alpha value is -2.47. The van der Waals surface area contributed by atoms with Gasteiger partial charge >= 0.3 is 0 Å². The first-order chi connectivity index (χ1) is 11.6. The number of nitrogens with zero attached hydrogens (tertiary/aromatic N) is 2. The van der Waals surface area contributed by atoms with Crippen molar-refractivity contribution in [1.29, 1.82) is 0 Å². The molecule has 1 N–H and O–H groups in total. The third-order valence-electron chi connectivity index (χ3n) is 3.75. The van der Waals surface area contributed by atoms with Crippen molar-refractivity contribution in [2.24, 2.45) is 0 Å². The fraction of sp³-hybridized carbons (Fsp3) is 0.167. The van der Waals surface area contributed by atoms with E-state index in [4.69, 9.17) is 0 Å². The number of carbonyl (C=O) groups excluding carboxylic acids is 1. The largest absolute Gasteiger partial charge is 0.325 e. The number of aryl methyl sites for hydroxylation is 1. The summed E-state index contributed by atoms with van der Waals surface area (Å²) in [6, 6.07) is 13.0. The van der Waals surface area contributed by atoms with Gasteiger partial charge < -0.3 is 5.32 Å². The highest BCUT2D eigenvalue weighted by Gasteiger charge is 2.09. The van der Waals surface area contributed by atoms with Gasteiger partial charge in [-0.3, -0.25) is 14.2 Å². The van der Waals surface area contributed by atoms with Gasteiger partial charge in [0.15, 0.2) is 0 Å². The Labute approximate surface area is 147 Å². The molecule has 0 fully saturated rings. The third-order valence-corrected chi connectivity index (χ3v) is 4.24. The summed E-state index contributed by atoms with van der Waals surface area (Å²) in [7, 11) is 0. The summed E-state index contributed by atoms with van der Waals surface area (Å²) < 4.78 is 2.11. The van der Waals surface area contributed by atoms with Crippen LogP contribution >= 0.6 is 15.9 Å². The maximum absolute atomic E-state index is 12.5. The number of aromatic nitrogens is 2. The van der Waals surface area contributed by atoms with Crippen molar-refractivity contribution in [1.82, 2.24) is 9.55 Å². The van der Waals surface area contributed by atoms with Crippen LogP contribution in [-0.4, -0.2) is 15.5 Å². The zero-order valence-electron chi connectivity index (χ0n) is 13.1. The van der Waals surface area contributed by atoms with Crippen LogP contribution in [0.1, 0.15) is 12.5 Å². The lowest BCUT2D eigenvalue weighted by atomic mass is 10.1. The molecule has 3 aromatic rings. The molecule has 0 aliphatic carbocycles. The third kappa shape index (κ3) is 3.54. The molecule has 0 aliphatic heterocycles. The fourth-order valence-electron chi connectivity index (χ4n) is 2.42. The zero-order chi connectivity index (χ0) is 17.1. The van der Waals surface area contributed by atoms with E-state index in [0.29, 0.717) is 16.6 Å². The monoisotopic (exact) mass is 385 g/mol. The minimum Gasteiger partial charge on any atom is -0.325 e. The predicted octanol–water partition coefficient (Wildman–Crippen LogP) is 3.36. The van der Waals surface area contributed by atoms with E-state index < -0.39 is 0 Å². The van der Waals surface area contributed by atoms with Crippen LogP contribution in [0.3, 0.4) is 0 Å². The average Bonchev–Trinajstić information content (AvgIpc) is 2.58. The van der Waals surface area contributed by atoms with Crippen LogP contribution in [-0.2, 0) is 17.8 Å². The van der Waals surface area contributed by atoms with Gasteiger partial charge in [0, 0.05) is 10.2 Å². The van der Waals surface area contributed by atoms with Gasteiger partial charge in [-0.05, 0) is 42.3 Å². The molecule has 0 saturated heterocycles. The Morgan fingerprint density at radius 2 is 1.96 bits per heavy atom. The minimum absolute atomic E-state index is 0.0795. The van der Waals surface area contributed by atoms with Crippen molar-refractivity contribution in [3.05, 3.63) is 69.2 Å². The second-order valence-electron chi connectivity index (χ2n) is 5.44. The number of hydrogen-bond donors (Lipinski definition) is 1. The van der Waals surface area contributed by atoms with Crippen LogP contribution in [0.15, 0.2) is 58.1 Å². The first-order valence-electron chi connectivity index (χ1n) is 7.60. The number of nitrogens with one attached hydrogen (secondary N) is 1. The Bertz CT molecular complexity index is 949. The average molecular weight is 386 g/mol. The molecule has 0 saturated carbocycles. The summed E-state index contributed by atoms with van der Waals surface area (Å²) in [4.78, 5) is 28.9. The number of fused-ring (bicyclic) bond motifs is 1. The Morgan fingerprint density at radius 1 is 1.21 bits per heavy atom. The summed E-state index contributed by atoms with van der Waals surface area (Å²) in [6.07, 6.45) is 2.35. The van der Waals surface area contributed by atoms with Crippen LogP contribution in [0.2, 0.25) is 0 Å². The summed E-state index contributed by atoms with van der Waals surface area (Å²) in [5.74, 6) is -0.266. The normalized spacial score (nSPS) is 10.8. The van der Waals surface area contributed by atoms with Gasteiger partial charge in [0.05, 0.1) is 17.2 Å². The summed E-state index contributed by atoms with van der Waals surface area (Å²) in [6.45, 7) is 1.99. The molecule has 0 unspecified atom stereocenters. The molecule has 6 heteroatoms. The summed E-state index contributed by atoms with van der Waals surface area (Å²) in [5, 5.41) is 3.27. The van der Waals surface area contributed by atoms with E-state index in [2.05, 4.69) is 33.2 Å². The van der Waals surface area contributed by atoms with Gasteiger partial charge in [0.2, 0.25) is 5.91 Å². The molecular weight excluding hydrogens is 370 g/mol. The van der Waals surface area contributed by atoms with E-state index in [9.17, 15) is 9.59 Å². The molecule has 0 atom stereocenters. The lowest BCUT2D eigenvalue weighted by molar-refractivity contribution is -0.116. The van der Waals surface area contributed by atoms with Gasteiger partial charge in [-0.2, -0.15) is 0 Å². The van der Waals surface area contributed by atoms with Crippen LogP contribution in [0.5, 0.6) is 0 Å². The minimum atomic E-state index is -0.266. The molecule has 0 radical (unpaired) electrons. The number of anilines is 1. The first kappa shape index (κ1) is 16.4. The molecule has 1 aromatic heterocycles. The van der Waals surface area contributed by atoms with Crippen molar-refractivity contribution in [3.8, 4) is 0 Å². The van der Waals surface area contributed by atoms with Crippen LogP contribution in [0.25, 0.3) is 10.9 Å². The smallest absolute Gasteiger partial charge is 0.261 e. The van der Waals surface area contributed by atoms with E-state index in [1.54, 1.807) is 12.1 Å². The molecule has 122 valence electrons. The SMILES string of the molecule is CCc1ccc(NC(=O)Cn2cnc3ccc(Br)cc3c2=O)cc1. The van der Waals surface area contributed by atoms with E-state index >= 15 is 0 Å². The van der Waals surface area contributed by atoms with Crippen molar-refractivity contribution < 1.29 is 4.79 Å². The van der Waals surface area contributed by atoms with Crippen molar-refractivity contribution in [2.45, 2.75) is 19.9 Å². The maximum Gasteiger partial charge on any atom is 0.261 e. The molecule has 24 heavy (non-hydrogen) atoms. The zero-order valence-corrected chi connectivity index (χ0v) is 14.7. The highest BCUT2D eigenvalue weighted by molar-refractivity contribution is 9.10. The van der Waals surface area contributed by atoms with Gasteiger partial charge in [-0.25, -0.2) is 4.98 Å². The highest BCUT2D eigenvalue weighted by Crippen LogP contribution is 2.15. The number of benzene rings is 2. The van der Waals surface area contributed by atoms with Crippen molar-refractivity contribution in [3.63, 3.8) is 0 Å². The highest BCUT2D eigenvalue weighted by atomic mass is 79.9. The molecule has 3 rings (SSSR count). The van der Waals surface area contributed by atoms with E-state index in [-0.39, 0.29) is 18.0 Å². The molecule has 1 heterocycles. The van der Waals surface area contributed by atoms with Crippen molar-refractivity contribution in [2.75, 3.05) is 5.32 Å². The Balaban J connectivity index is 1.79. The molecular formula is C18H16BrN3O2. The molecule has 0 aliphatic rings. The van der Waals surface area contributed by atoms with Crippen molar-refractivity contribution >= 4 is 38.4 Å². The molecule has 2 aromatic carbocycles. The topological polar surface area (TPSA) is 64.0 Å². The lowest BCUT2D eigenvalue weighted by Crippen LogP contribution is -2.27. The fourth-order valence-corrected chi connectivity index (χ4v) is 2.78. The predicted molar refractivity (Wildman–Crippen MR) is 98.2 cm³/mol. The molecule has 0 spiro atoms. The second-order valence-corrected chi connectivity index (χ2v) is 6.35. The molecule has 5 nitrogen and oxygen atoms in total. The lowest BCUT2D eigenvalue weighted by Gasteiger charge is -2.08. The number of carbonyl (C=O) groups is 1. The second kappa shape index (κ2) is 6.97. The summed E-state index contributed by atoms with van der Waals surface area (Å²) >= 11 is 3.34. The van der Waals surface area contributed by atoms with Crippen LogP contribution in [0.4, 0.5) is 5.69 Å². The maximum atomic E-state index is 12.5. The number of hydrogen-bond acceptors (Lipinski definition) is 3. The Kier molecular flexibility index (Phi) is 4.76. The van der Waals surface area contributed by atoms with Gasteiger partial charge in [0.25, 0.3) is 5.56 Å². The quantitative estimate of drug-likeness (QED) is 0.748. The molecule has 0 bridgehead atoms. The van der Waals surface area contributed by atoms with Gasteiger partial charge in [0.1, 0.15) is 6.54 Å². The standard InChI is InChI=1S/C18H16BrN3O2/c1-2-12-3-6-14(7-4-12)21-17(23)10-22-11-20-16-8-5-13(19)9-15(16)18(22)24/h3-9,11H,2,10H2,1H3,(H,21,23). The van der Waals surface area contributed by atoms with E-state index in [0.717, 1.165) is 10.9 Å². The summed E-state index contributed by atoms with van der Waals surface area (Å²) in [5.41, 5.74) is 2.28. The molecule has 1 amide bonds. The number of halogens is 1. The van der Waals surface area contributed by atoms with Gasteiger partial charge in [-0.1, -0.05) is 35.0 Å².